The van der Waals surface area contributed by atoms with Crippen molar-refractivity contribution in [2.24, 2.45) is 7.05 Å². The van der Waals surface area contributed by atoms with E-state index in [-0.39, 0.29) is 6.04 Å². The fourth-order valence-electron chi connectivity index (χ4n) is 4.18. The second-order valence-corrected chi connectivity index (χ2v) is 7.98. The van der Waals surface area contributed by atoms with Crippen molar-refractivity contribution in [3.63, 3.8) is 0 Å². The fraction of sp³-hybridized carbons (Fsp3) is 0.273. The molecule has 166 valence electrons. The molecular formula is C22H21N9O2. The highest BCUT2D eigenvalue weighted by Gasteiger charge is 2.23. The van der Waals surface area contributed by atoms with Crippen molar-refractivity contribution in [3.8, 4) is 28.6 Å². The molecule has 1 aliphatic heterocycles. The van der Waals surface area contributed by atoms with Gasteiger partial charge in [0.1, 0.15) is 23.0 Å². The molecule has 0 bridgehead atoms. The first kappa shape index (κ1) is 20.4. The summed E-state index contributed by atoms with van der Waals surface area (Å²) in [5.41, 5.74) is 3.92. The Bertz CT molecular complexity index is 1370. The number of amides is 1. The van der Waals surface area contributed by atoms with Crippen molar-refractivity contribution < 1.29 is 9.90 Å². The van der Waals surface area contributed by atoms with Crippen molar-refractivity contribution in [1.29, 1.82) is 5.26 Å². The number of pyridine rings is 1. The first-order chi connectivity index (χ1) is 16.0. The zero-order valence-electron chi connectivity index (χ0n) is 17.9. The van der Waals surface area contributed by atoms with Crippen LogP contribution in [0.25, 0.3) is 28.0 Å². The third-order valence-corrected chi connectivity index (χ3v) is 5.71. The normalized spacial score (nSPS) is 16.0. The number of carbonyl (C=O) groups is 1. The maximum atomic E-state index is 11.0. The van der Waals surface area contributed by atoms with Gasteiger partial charge in [0.2, 0.25) is 0 Å². The Labute approximate surface area is 188 Å². The predicted octanol–water partition coefficient (Wildman–Crippen LogP) is 2.30. The second-order valence-electron chi connectivity index (χ2n) is 7.98. The van der Waals surface area contributed by atoms with Crippen molar-refractivity contribution in [2.45, 2.75) is 18.9 Å². The molecule has 0 unspecified atom stereocenters. The number of aromatic nitrogens is 6. The van der Waals surface area contributed by atoms with Crippen LogP contribution in [-0.2, 0) is 7.05 Å². The Morgan fingerprint density at radius 1 is 1.21 bits per heavy atom. The van der Waals surface area contributed by atoms with Crippen molar-refractivity contribution in [1.82, 2.24) is 34.7 Å². The van der Waals surface area contributed by atoms with E-state index in [0.717, 1.165) is 36.3 Å². The number of rotatable bonds is 4. The van der Waals surface area contributed by atoms with Crippen LogP contribution in [0.4, 0.5) is 10.6 Å². The number of anilines is 1. The largest absolute Gasteiger partial charge is 0.465 e. The van der Waals surface area contributed by atoms with Gasteiger partial charge in [-0.3, -0.25) is 4.68 Å². The molecule has 11 heteroatoms. The van der Waals surface area contributed by atoms with Gasteiger partial charge in [-0.2, -0.15) is 15.5 Å². The topological polar surface area (TPSA) is 137 Å². The van der Waals surface area contributed by atoms with Gasteiger partial charge in [-0.25, -0.2) is 19.3 Å². The Morgan fingerprint density at radius 2 is 2.09 bits per heavy atom. The molecule has 0 saturated carbocycles. The van der Waals surface area contributed by atoms with Crippen LogP contribution in [0.1, 0.15) is 18.4 Å². The van der Waals surface area contributed by atoms with Crippen LogP contribution in [0.15, 0.2) is 43.1 Å². The van der Waals surface area contributed by atoms with E-state index in [4.69, 9.17) is 10.1 Å². The second kappa shape index (κ2) is 8.23. The predicted molar refractivity (Wildman–Crippen MR) is 120 cm³/mol. The molecule has 1 fully saturated rings. The minimum atomic E-state index is -1.01. The van der Waals surface area contributed by atoms with E-state index < -0.39 is 6.09 Å². The molecule has 5 heterocycles. The molecular weight excluding hydrogens is 422 g/mol. The van der Waals surface area contributed by atoms with E-state index in [2.05, 4.69) is 31.5 Å². The Morgan fingerprint density at radius 3 is 2.79 bits per heavy atom. The molecule has 1 amide bonds. The molecule has 11 nitrogen and oxygen atoms in total. The van der Waals surface area contributed by atoms with Crippen molar-refractivity contribution in [2.75, 3.05) is 18.0 Å². The molecule has 0 spiro atoms. The molecule has 5 rings (SSSR count). The van der Waals surface area contributed by atoms with Gasteiger partial charge in [-0.15, -0.1) is 0 Å². The summed E-state index contributed by atoms with van der Waals surface area (Å²) in [6.07, 6.45) is 9.31. The molecule has 33 heavy (non-hydrogen) atoms. The summed E-state index contributed by atoms with van der Waals surface area (Å²) in [5.74, 6) is 0.768. The van der Waals surface area contributed by atoms with Gasteiger partial charge in [-0.05, 0) is 25.0 Å². The highest BCUT2D eigenvalue weighted by Crippen LogP contribution is 2.29. The monoisotopic (exact) mass is 443 g/mol. The summed E-state index contributed by atoms with van der Waals surface area (Å²) in [5, 5.41) is 29.7. The third-order valence-electron chi connectivity index (χ3n) is 5.71. The number of piperidine rings is 1. The minimum absolute atomic E-state index is 0.125. The SMILES string of the molecule is Cn1cc(-c2cn3ncc(C#N)c3c(-c3ccc(N4CCC[C@@H](NC(=O)O)C4)nc3)n2)cn1. The molecule has 1 aliphatic rings. The van der Waals surface area contributed by atoms with Gasteiger partial charge in [0, 0.05) is 49.7 Å². The average Bonchev–Trinajstić information content (AvgIpc) is 3.44. The lowest BCUT2D eigenvalue weighted by atomic mass is 10.1. The van der Waals surface area contributed by atoms with Crippen LogP contribution in [0.5, 0.6) is 0 Å². The molecule has 0 aromatic carbocycles. The van der Waals surface area contributed by atoms with Crippen LogP contribution in [0.2, 0.25) is 0 Å². The van der Waals surface area contributed by atoms with E-state index in [1.54, 1.807) is 27.8 Å². The first-order valence-corrected chi connectivity index (χ1v) is 10.5. The maximum absolute atomic E-state index is 11.0. The summed E-state index contributed by atoms with van der Waals surface area (Å²) in [7, 11) is 1.84. The number of aryl methyl sites for hydroxylation is 1. The summed E-state index contributed by atoms with van der Waals surface area (Å²) in [6, 6.07) is 5.87. The van der Waals surface area contributed by atoms with E-state index in [1.807, 2.05) is 25.4 Å². The number of fused-ring (bicyclic) bond motifs is 1. The third kappa shape index (κ3) is 3.94. The smallest absolute Gasteiger partial charge is 0.404 e. The number of hydrogen-bond acceptors (Lipinski definition) is 7. The zero-order chi connectivity index (χ0) is 22.9. The van der Waals surface area contributed by atoms with Gasteiger partial charge in [0.15, 0.2) is 0 Å². The quantitative estimate of drug-likeness (QED) is 0.490. The van der Waals surface area contributed by atoms with Gasteiger partial charge >= 0.3 is 6.09 Å². The van der Waals surface area contributed by atoms with Crippen molar-refractivity contribution in [3.05, 3.63) is 48.7 Å². The summed E-state index contributed by atoms with van der Waals surface area (Å²) in [6.45, 7) is 1.38. The summed E-state index contributed by atoms with van der Waals surface area (Å²) < 4.78 is 3.36. The zero-order valence-corrected chi connectivity index (χ0v) is 17.9. The van der Waals surface area contributed by atoms with Crippen LogP contribution in [-0.4, -0.2) is 59.7 Å². The highest BCUT2D eigenvalue weighted by molar-refractivity contribution is 5.83. The lowest BCUT2D eigenvalue weighted by Crippen LogP contribution is -2.47. The van der Waals surface area contributed by atoms with Gasteiger partial charge in [0.25, 0.3) is 0 Å². The molecule has 1 saturated heterocycles. The van der Waals surface area contributed by atoms with Crippen LogP contribution in [0.3, 0.4) is 0 Å². The van der Waals surface area contributed by atoms with Crippen LogP contribution in [0, 0.1) is 11.3 Å². The number of carboxylic acid groups (broad SMARTS) is 1. The average molecular weight is 443 g/mol. The molecule has 4 aromatic rings. The Hall–Kier alpha value is -4.46. The number of nitrogens with zero attached hydrogens (tertiary/aromatic N) is 8. The van der Waals surface area contributed by atoms with E-state index in [9.17, 15) is 10.1 Å². The summed E-state index contributed by atoms with van der Waals surface area (Å²) in [4.78, 5) is 22.5. The minimum Gasteiger partial charge on any atom is -0.465 e. The van der Waals surface area contributed by atoms with E-state index in [0.29, 0.717) is 29.0 Å². The number of hydrogen-bond donors (Lipinski definition) is 2. The van der Waals surface area contributed by atoms with Gasteiger partial charge < -0.3 is 15.3 Å². The maximum Gasteiger partial charge on any atom is 0.404 e. The number of nitriles is 1. The standard InChI is InChI=1S/C22H21N9O2/c1-29-11-16(10-25-29)18-13-31-21(15(7-23)9-26-31)20(28-18)14-4-5-19(24-8-14)30-6-2-3-17(12-30)27-22(32)33/h4-5,8-11,13,17,27H,2-3,6,12H2,1H3,(H,32,33)/t17-/m1/s1. The number of nitrogens with one attached hydrogen (secondary N) is 1. The van der Waals surface area contributed by atoms with Crippen LogP contribution < -0.4 is 10.2 Å². The van der Waals surface area contributed by atoms with Crippen molar-refractivity contribution >= 4 is 17.4 Å². The van der Waals surface area contributed by atoms with Gasteiger partial charge in [-0.1, -0.05) is 0 Å². The Balaban J connectivity index is 1.51. The molecule has 4 aromatic heterocycles. The highest BCUT2D eigenvalue weighted by atomic mass is 16.4. The summed E-state index contributed by atoms with van der Waals surface area (Å²) >= 11 is 0. The van der Waals surface area contributed by atoms with E-state index >= 15 is 0 Å². The Kier molecular flexibility index (Phi) is 5.10. The molecule has 0 radical (unpaired) electrons. The van der Waals surface area contributed by atoms with Gasteiger partial charge in [0.05, 0.1) is 30.0 Å². The molecule has 0 aliphatic carbocycles. The lowest BCUT2D eigenvalue weighted by molar-refractivity contribution is 0.188. The fourth-order valence-corrected chi connectivity index (χ4v) is 4.18. The molecule has 2 N–H and O–H groups in total. The first-order valence-electron chi connectivity index (χ1n) is 10.5. The molecule has 1 atom stereocenters. The van der Waals surface area contributed by atoms with Crippen LogP contribution >= 0.6 is 0 Å². The van der Waals surface area contributed by atoms with E-state index in [1.165, 1.54) is 6.20 Å². The lowest BCUT2D eigenvalue weighted by Gasteiger charge is -2.33.